The minimum absolute atomic E-state index is 0.642. The molecule has 0 spiro atoms. The zero-order chi connectivity index (χ0) is 14.4. The Kier molecular flexibility index (Phi) is 5.37. The molecule has 2 rings (SSSR count). The molecule has 1 N–H and O–H groups in total. The van der Waals surface area contributed by atoms with Gasteiger partial charge in [0.25, 0.3) is 0 Å². The summed E-state index contributed by atoms with van der Waals surface area (Å²) in [5.74, 6) is 0.642. The minimum atomic E-state index is 0.642. The number of rotatable bonds is 6. The van der Waals surface area contributed by atoms with Crippen LogP contribution < -0.4 is 5.32 Å². The molecule has 0 bridgehead atoms. The van der Waals surface area contributed by atoms with Crippen LogP contribution in [0.4, 0.5) is 0 Å². The first kappa shape index (κ1) is 14.8. The van der Waals surface area contributed by atoms with Crippen LogP contribution in [-0.2, 0) is 12.8 Å². The van der Waals surface area contributed by atoms with Gasteiger partial charge in [0.1, 0.15) is 0 Å². The van der Waals surface area contributed by atoms with Gasteiger partial charge >= 0.3 is 0 Å². The number of hydrogen-bond donors (Lipinski definition) is 1. The monoisotopic (exact) mass is 267 g/mol. The van der Waals surface area contributed by atoms with E-state index in [1.54, 1.807) is 0 Å². The molecule has 0 saturated carbocycles. The van der Waals surface area contributed by atoms with Crippen molar-refractivity contribution in [2.75, 3.05) is 13.6 Å². The quantitative estimate of drug-likeness (QED) is 0.836. The summed E-state index contributed by atoms with van der Waals surface area (Å²) in [6, 6.07) is 17.7. The zero-order valence-electron chi connectivity index (χ0n) is 12.8. The Morgan fingerprint density at radius 3 is 2.25 bits per heavy atom. The summed E-state index contributed by atoms with van der Waals surface area (Å²) in [6.45, 7) is 5.40. The second-order valence-corrected chi connectivity index (χ2v) is 5.74. The van der Waals surface area contributed by atoms with E-state index in [1.807, 2.05) is 7.05 Å². The lowest BCUT2D eigenvalue weighted by molar-refractivity contribution is 0.492. The average Bonchev–Trinajstić information content (AvgIpc) is 2.44. The lowest BCUT2D eigenvalue weighted by Gasteiger charge is -2.18. The molecule has 0 radical (unpaired) electrons. The first-order valence-electron chi connectivity index (χ1n) is 7.43. The van der Waals surface area contributed by atoms with Crippen LogP contribution in [0.15, 0.2) is 48.5 Å². The fourth-order valence-electron chi connectivity index (χ4n) is 2.71. The maximum atomic E-state index is 3.34. The van der Waals surface area contributed by atoms with Crippen molar-refractivity contribution in [2.24, 2.45) is 5.92 Å². The lowest BCUT2D eigenvalue weighted by atomic mass is 9.90. The van der Waals surface area contributed by atoms with Crippen LogP contribution in [0.1, 0.15) is 22.3 Å². The molecule has 0 aromatic heterocycles. The van der Waals surface area contributed by atoms with Crippen molar-refractivity contribution in [3.05, 3.63) is 70.8 Å². The van der Waals surface area contributed by atoms with E-state index in [2.05, 4.69) is 67.7 Å². The van der Waals surface area contributed by atoms with Crippen molar-refractivity contribution in [3.8, 4) is 0 Å². The molecule has 1 unspecified atom stereocenters. The fraction of sp³-hybridized carbons (Fsp3) is 0.368. The Morgan fingerprint density at radius 2 is 1.60 bits per heavy atom. The summed E-state index contributed by atoms with van der Waals surface area (Å²) in [5.41, 5.74) is 5.64. The van der Waals surface area contributed by atoms with Gasteiger partial charge in [0.05, 0.1) is 0 Å². The zero-order valence-corrected chi connectivity index (χ0v) is 12.8. The maximum absolute atomic E-state index is 3.34. The van der Waals surface area contributed by atoms with Crippen molar-refractivity contribution in [1.82, 2.24) is 5.32 Å². The van der Waals surface area contributed by atoms with Gasteiger partial charge in [0, 0.05) is 0 Å². The van der Waals surface area contributed by atoms with Gasteiger partial charge in [-0.15, -0.1) is 0 Å². The van der Waals surface area contributed by atoms with Crippen LogP contribution in [0.5, 0.6) is 0 Å². The summed E-state index contributed by atoms with van der Waals surface area (Å²) in [6.07, 6.45) is 2.27. The molecule has 1 heteroatoms. The molecule has 2 aromatic rings. The van der Waals surface area contributed by atoms with E-state index in [9.17, 15) is 0 Å². The Hall–Kier alpha value is -1.60. The van der Waals surface area contributed by atoms with Crippen LogP contribution in [0.3, 0.4) is 0 Å². The number of aryl methyl sites for hydroxylation is 2. The molecule has 0 aliphatic heterocycles. The first-order valence-corrected chi connectivity index (χ1v) is 7.43. The Labute approximate surface area is 123 Å². The van der Waals surface area contributed by atoms with Gasteiger partial charge in [0.2, 0.25) is 0 Å². The van der Waals surface area contributed by atoms with Gasteiger partial charge in [-0.1, -0.05) is 54.1 Å². The lowest BCUT2D eigenvalue weighted by Crippen LogP contribution is -2.23. The van der Waals surface area contributed by atoms with E-state index in [1.165, 1.54) is 22.3 Å². The largest absolute Gasteiger partial charge is 0.319 e. The number of hydrogen-bond acceptors (Lipinski definition) is 1. The van der Waals surface area contributed by atoms with Crippen LogP contribution in [0, 0.1) is 19.8 Å². The molecular formula is C19H25N. The molecule has 0 amide bonds. The van der Waals surface area contributed by atoms with Gasteiger partial charge < -0.3 is 5.32 Å². The molecule has 0 saturated heterocycles. The van der Waals surface area contributed by atoms with Gasteiger partial charge in [-0.25, -0.2) is 0 Å². The third kappa shape index (κ3) is 4.21. The normalized spacial score (nSPS) is 12.3. The topological polar surface area (TPSA) is 12.0 Å². The third-order valence-electron chi connectivity index (χ3n) is 3.91. The fourth-order valence-corrected chi connectivity index (χ4v) is 2.71. The summed E-state index contributed by atoms with van der Waals surface area (Å²) in [7, 11) is 2.04. The van der Waals surface area contributed by atoms with Crippen LogP contribution >= 0.6 is 0 Å². The van der Waals surface area contributed by atoms with E-state index in [0.29, 0.717) is 5.92 Å². The summed E-state index contributed by atoms with van der Waals surface area (Å²) < 4.78 is 0. The first-order chi connectivity index (χ1) is 9.69. The van der Waals surface area contributed by atoms with Gasteiger partial charge in [-0.05, 0) is 62.9 Å². The smallest absolute Gasteiger partial charge is 0.00172 e. The molecular weight excluding hydrogens is 242 g/mol. The van der Waals surface area contributed by atoms with Crippen LogP contribution in [0.25, 0.3) is 0 Å². The Morgan fingerprint density at radius 1 is 0.900 bits per heavy atom. The Bertz CT molecular complexity index is 528. The molecule has 2 aromatic carbocycles. The highest BCUT2D eigenvalue weighted by molar-refractivity contribution is 5.27. The van der Waals surface area contributed by atoms with E-state index >= 15 is 0 Å². The van der Waals surface area contributed by atoms with E-state index < -0.39 is 0 Å². The average molecular weight is 267 g/mol. The van der Waals surface area contributed by atoms with Crippen LogP contribution in [0.2, 0.25) is 0 Å². The maximum Gasteiger partial charge on any atom is -0.00172 e. The Balaban J connectivity index is 2.07. The highest BCUT2D eigenvalue weighted by Gasteiger charge is 2.11. The molecule has 0 aliphatic carbocycles. The predicted octanol–water partition coefficient (Wildman–Crippen LogP) is 3.92. The molecule has 0 fully saturated rings. The van der Waals surface area contributed by atoms with Gasteiger partial charge in [0.15, 0.2) is 0 Å². The molecule has 0 heterocycles. The molecule has 1 nitrogen and oxygen atoms in total. The highest BCUT2D eigenvalue weighted by atomic mass is 14.8. The van der Waals surface area contributed by atoms with E-state index in [0.717, 1.165) is 19.4 Å². The molecule has 106 valence electrons. The van der Waals surface area contributed by atoms with Crippen molar-refractivity contribution < 1.29 is 0 Å². The van der Waals surface area contributed by atoms with Crippen LogP contribution in [-0.4, -0.2) is 13.6 Å². The second-order valence-electron chi connectivity index (χ2n) is 5.74. The van der Waals surface area contributed by atoms with Crippen molar-refractivity contribution >= 4 is 0 Å². The molecule has 1 atom stereocenters. The third-order valence-corrected chi connectivity index (χ3v) is 3.91. The number of nitrogens with one attached hydrogen (secondary N) is 1. The SMILES string of the molecule is CNCC(Cc1ccc(C)cc1)Cc1ccccc1C. The van der Waals surface area contributed by atoms with Crippen molar-refractivity contribution in [2.45, 2.75) is 26.7 Å². The summed E-state index contributed by atoms with van der Waals surface area (Å²) >= 11 is 0. The second kappa shape index (κ2) is 7.25. The van der Waals surface area contributed by atoms with Gasteiger partial charge in [-0.2, -0.15) is 0 Å². The van der Waals surface area contributed by atoms with Crippen molar-refractivity contribution in [1.29, 1.82) is 0 Å². The number of benzene rings is 2. The highest BCUT2D eigenvalue weighted by Crippen LogP contribution is 2.17. The predicted molar refractivity (Wildman–Crippen MR) is 87.2 cm³/mol. The molecule has 0 aliphatic rings. The minimum Gasteiger partial charge on any atom is -0.319 e. The van der Waals surface area contributed by atoms with E-state index in [4.69, 9.17) is 0 Å². The van der Waals surface area contributed by atoms with Crippen molar-refractivity contribution in [3.63, 3.8) is 0 Å². The summed E-state index contributed by atoms with van der Waals surface area (Å²) in [5, 5.41) is 3.34. The van der Waals surface area contributed by atoms with E-state index in [-0.39, 0.29) is 0 Å². The molecule has 20 heavy (non-hydrogen) atoms. The van der Waals surface area contributed by atoms with Gasteiger partial charge in [-0.3, -0.25) is 0 Å². The standard InChI is InChI=1S/C19H25N/c1-15-8-10-17(11-9-15)12-18(14-20-3)13-19-7-5-4-6-16(19)2/h4-11,18,20H,12-14H2,1-3H3. The summed E-state index contributed by atoms with van der Waals surface area (Å²) in [4.78, 5) is 0.